The first-order valence-corrected chi connectivity index (χ1v) is 6.88. The van der Waals surface area contributed by atoms with E-state index in [9.17, 15) is 5.11 Å². The topological polar surface area (TPSA) is 38.7 Å². The van der Waals surface area contributed by atoms with Gasteiger partial charge in [-0.15, -0.1) is 0 Å². The Kier molecular flexibility index (Phi) is 3.28. The van der Waals surface area contributed by atoms with Crippen molar-refractivity contribution in [2.75, 3.05) is 49.1 Å². The van der Waals surface area contributed by atoms with Gasteiger partial charge in [0.2, 0.25) is 0 Å². The fraction of sp³-hybridized carbons (Fsp3) is 0.571. The van der Waals surface area contributed by atoms with Gasteiger partial charge in [0.25, 0.3) is 0 Å². The van der Waals surface area contributed by atoms with Gasteiger partial charge in [-0.25, -0.2) is 0 Å². The Morgan fingerprint density at radius 3 is 2.39 bits per heavy atom. The van der Waals surface area contributed by atoms with Crippen LogP contribution < -0.4 is 15.1 Å². The summed E-state index contributed by atoms with van der Waals surface area (Å²) in [5, 5.41) is 13.4. The van der Waals surface area contributed by atoms with E-state index in [4.69, 9.17) is 0 Å². The molecule has 1 aromatic rings. The molecule has 0 atom stereocenters. The lowest BCUT2D eigenvalue weighted by Crippen LogP contribution is -2.43. The number of hydrogen-bond acceptors (Lipinski definition) is 4. The van der Waals surface area contributed by atoms with Crippen molar-refractivity contribution in [2.45, 2.75) is 12.8 Å². The number of aromatic hydroxyl groups is 1. The molecular formula is C14H21N3O. The Hall–Kier alpha value is -1.42. The fourth-order valence-electron chi connectivity index (χ4n) is 2.84. The number of piperazine rings is 1. The zero-order valence-corrected chi connectivity index (χ0v) is 10.7. The molecular weight excluding hydrogens is 226 g/mol. The normalized spacial score (nSPS) is 20.4. The van der Waals surface area contributed by atoms with Gasteiger partial charge >= 0.3 is 0 Å². The van der Waals surface area contributed by atoms with Crippen LogP contribution in [-0.2, 0) is 0 Å². The lowest BCUT2D eigenvalue weighted by atomic mass is 10.2. The molecule has 0 aliphatic carbocycles. The number of benzene rings is 1. The largest absolute Gasteiger partial charge is 0.506 e. The van der Waals surface area contributed by atoms with Crippen LogP contribution in [0.25, 0.3) is 0 Å². The Bertz CT molecular complexity index is 410. The minimum atomic E-state index is 0.403. The average Bonchev–Trinajstić information content (AvgIpc) is 2.94. The van der Waals surface area contributed by atoms with Crippen molar-refractivity contribution in [1.29, 1.82) is 0 Å². The monoisotopic (exact) mass is 247 g/mol. The summed E-state index contributed by atoms with van der Waals surface area (Å²) >= 11 is 0. The van der Waals surface area contributed by atoms with Crippen LogP contribution in [0.2, 0.25) is 0 Å². The first-order valence-electron chi connectivity index (χ1n) is 6.88. The first kappa shape index (κ1) is 11.7. The molecule has 1 aromatic carbocycles. The van der Waals surface area contributed by atoms with Crippen molar-refractivity contribution in [1.82, 2.24) is 5.32 Å². The molecule has 2 heterocycles. The van der Waals surface area contributed by atoms with Crippen LogP contribution in [0.15, 0.2) is 18.2 Å². The molecule has 0 amide bonds. The highest BCUT2D eigenvalue weighted by atomic mass is 16.3. The van der Waals surface area contributed by atoms with Gasteiger partial charge in [-0.1, -0.05) is 0 Å². The number of rotatable bonds is 2. The van der Waals surface area contributed by atoms with Gasteiger partial charge in [0, 0.05) is 45.0 Å². The number of phenols is 1. The molecule has 4 nitrogen and oxygen atoms in total. The van der Waals surface area contributed by atoms with Gasteiger partial charge in [-0.3, -0.25) is 0 Å². The summed E-state index contributed by atoms with van der Waals surface area (Å²) in [6.45, 7) is 6.21. The predicted molar refractivity (Wildman–Crippen MR) is 74.6 cm³/mol. The highest BCUT2D eigenvalue weighted by Gasteiger charge is 2.18. The molecule has 0 spiro atoms. The van der Waals surface area contributed by atoms with Gasteiger partial charge in [-0.05, 0) is 31.0 Å². The molecule has 2 saturated heterocycles. The Morgan fingerprint density at radius 2 is 1.67 bits per heavy atom. The van der Waals surface area contributed by atoms with Crippen LogP contribution in [0, 0.1) is 0 Å². The number of anilines is 2. The van der Waals surface area contributed by atoms with E-state index >= 15 is 0 Å². The molecule has 18 heavy (non-hydrogen) atoms. The minimum Gasteiger partial charge on any atom is -0.506 e. The summed E-state index contributed by atoms with van der Waals surface area (Å²) in [5.41, 5.74) is 2.24. The molecule has 2 N–H and O–H groups in total. The van der Waals surface area contributed by atoms with Crippen molar-refractivity contribution < 1.29 is 5.11 Å². The maximum atomic E-state index is 10.0. The minimum absolute atomic E-state index is 0.403. The summed E-state index contributed by atoms with van der Waals surface area (Å²) in [5.74, 6) is 0.403. The Morgan fingerprint density at radius 1 is 0.944 bits per heavy atom. The summed E-state index contributed by atoms with van der Waals surface area (Å²) in [6.07, 6.45) is 2.56. The standard InChI is InChI=1S/C14H21N3O/c18-14-4-3-12(16-7-1-2-8-16)11-13(14)17-9-5-15-6-10-17/h3-4,11,15,18H,1-2,5-10H2. The molecule has 2 aliphatic heterocycles. The fourth-order valence-corrected chi connectivity index (χ4v) is 2.84. The molecule has 2 fully saturated rings. The number of hydrogen-bond donors (Lipinski definition) is 2. The second kappa shape index (κ2) is 5.06. The van der Waals surface area contributed by atoms with Crippen LogP contribution in [0.3, 0.4) is 0 Å². The third kappa shape index (κ3) is 2.25. The summed E-state index contributed by atoms with van der Waals surface area (Å²) < 4.78 is 0. The number of nitrogens with zero attached hydrogens (tertiary/aromatic N) is 2. The van der Waals surface area contributed by atoms with E-state index in [0.717, 1.165) is 45.0 Å². The van der Waals surface area contributed by atoms with E-state index in [2.05, 4.69) is 21.2 Å². The predicted octanol–water partition coefficient (Wildman–Crippen LogP) is 1.40. The first-order chi connectivity index (χ1) is 8.84. The van der Waals surface area contributed by atoms with E-state index in [1.165, 1.54) is 18.5 Å². The quantitative estimate of drug-likeness (QED) is 0.828. The van der Waals surface area contributed by atoms with Crippen molar-refractivity contribution >= 4 is 11.4 Å². The van der Waals surface area contributed by atoms with Gasteiger partial charge in [-0.2, -0.15) is 0 Å². The second-order valence-electron chi connectivity index (χ2n) is 5.10. The Balaban J connectivity index is 1.85. The maximum absolute atomic E-state index is 10.0. The van der Waals surface area contributed by atoms with Gasteiger partial charge in [0.1, 0.15) is 5.75 Å². The molecule has 0 bridgehead atoms. The van der Waals surface area contributed by atoms with E-state index < -0.39 is 0 Å². The molecule has 2 aliphatic rings. The summed E-state index contributed by atoms with van der Waals surface area (Å²) in [6, 6.07) is 6.02. The maximum Gasteiger partial charge on any atom is 0.139 e. The smallest absolute Gasteiger partial charge is 0.139 e. The molecule has 0 unspecified atom stereocenters. The SMILES string of the molecule is Oc1ccc(N2CCCC2)cc1N1CCNCC1. The van der Waals surface area contributed by atoms with E-state index in [0.29, 0.717) is 5.75 Å². The molecule has 0 aromatic heterocycles. The van der Waals surface area contributed by atoms with E-state index in [1.807, 2.05) is 12.1 Å². The van der Waals surface area contributed by atoms with Crippen molar-refractivity contribution in [3.8, 4) is 5.75 Å². The van der Waals surface area contributed by atoms with Gasteiger partial charge in [0.05, 0.1) is 5.69 Å². The lowest BCUT2D eigenvalue weighted by molar-refractivity contribution is 0.470. The average molecular weight is 247 g/mol. The van der Waals surface area contributed by atoms with Crippen molar-refractivity contribution in [3.63, 3.8) is 0 Å². The molecule has 98 valence electrons. The number of phenolic OH excluding ortho intramolecular Hbond substituents is 1. The molecule has 0 radical (unpaired) electrons. The molecule has 3 rings (SSSR count). The molecule has 0 saturated carbocycles. The van der Waals surface area contributed by atoms with Gasteiger partial charge in [0.15, 0.2) is 0 Å². The Labute approximate surface area is 108 Å². The summed E-state index contributed by atoms with van der Waals surface area (Å²) in [7, 11) is 0. The second-order valence-corrected chi connectivity index (χ2v) is 5.10. The van der Waals surface area contributed by atoms with Crippen molar-refractivity contribution in [3.05, 3.63) is 18.2 Å². The lowest BCUT2D eigenvalue weighted by Gasteiger charge is -2.31. The number of nitrogens with one attached hydrogen (secondary N) is 1. The zero-order chi connectivity index (χ0) is 12.4. The third-order valence-electron chi connectivity index (χ3n) is 3.89. The van der Waals surface area contributed by atoms with E-state index in [-0.39, 0.29) is 0 Å². The summed E-state index contributed by atoms with van der Waals surface area (Å²) in [4.78, 5) is 4.68. The van der Waals surface area contributed by atoms with Crippen LogP contribution >= 0.6 is 0 Å². The van der Waals surface area contributed by atoms with Crippen LogP contribution in [0.4, 0.5) is 11.4 Å². The van der Waals surface area contributed by atoms with E-state index in [1.54, 1.807) is 0 Å². The highest BCUT2D eigenvalue weighted by molar-refractivity contribution is 5.67. The van der Waals surface area contributed by atoms with Crippen LogP contribution in [-0.4, -0.2) is 44.4 Å². The van der Waals surface area contributed by atoms with Crippen molar-refractivity contribution in [2.24, 2.45) is 0 Å². The van der Waals surface area contributed by atoms with Gasteiger partial charge < -0.3 is 20.2 Å². The van der Waals surface area contributed by atoms with Crippen LogP contribution in [0.1, 0.15) is 12.8 Å². The molecule has 4 heteroatoms. The van der Waals surface area contributed by atoms with Crippen LogP contribution in [0.5, 0.6) is 5.75 Å². The third-order valence-corrected chi connectivity index (χ3v) is 3.89. The zero-order valence-electron chi connectivity index (χ0n) is 10.7. The highest BCUT2D eigenvalue weighted by Crippen LogP contribution is 2.33.